The van der Waals surface area contributed by atoms with Crippen molar-refractivity contribution in [3.8, 4) is 0 Å². The lowest BCUT2D eigenvalue weighted by Gasteiger charge is -2.15. The van der Waals surface area contributed by atoms with Gasteiger partial charge in [0.2, 0.25) is 0 Å². The highest BCUT2D eigenvalue weighted by atomic mass is 16.2. The summed E-state index contributed by atoms with van der Waals surface area (Å²) in [6.07, 6.45) is 1.74. The number of aliphatic hydroxyl groups excluding tert-OH is 1. The molecule has 0 radical (unpaired) electrons. The van der Waals surface area contributed by atoms with Crippen LogP contribution in [0, 0.1) is 0 Å². The van der Waals surface area contributed by atoms with Crippen molar-refractivity contribution in [1.29, 1.82) is 0 Å². The van der Waals surface area contributed by atoms with Crippen molar-refractivity contribution in [3.63, 3.8) is 0 Å². The molecule has 0 saturated carbocycles. The second kappa shape index (κ2) is 5.02. The number of hydrogen-bond acceptors (Lipinski definition) is 1. The summed E-state index contributed by atoms with van der Waals surface area (Å²) >= 11 is 0. The van der Waals surface area contributed by atoms with Crippen molar-refractivity contribution in [2.75, 3.05) is 6.61 Å². The van der Waals surface area contributed by atoms with Crippen LogP contribution < -0.4 is 0 Å². The van der Waals surface area contributed by atoms with Crippen LogP contribution in [0.15, 0.2) is 48.5 Å². The number of benzene rings is 3. The van der Waals surface area contributed by atoms with E-state index < -0.39 is 0 Å². The molecule has 0 aliphatic rings. The normalized spacial score (nSPS) is 11.3. The van der Waals surface area contributed by atoms with E-state index in [-0.39, 0.29) is 6.61 Å². The molecular formula is C18H18O. The Morgan fingerprint density at radius 2 is 1.16 bits per heavy atom. The number of aliphatic hydroxyl groups is 1. The molecule has 1 heteroatoms. The molecule has 1 nitrogen and oxygen atoms in total. The van der Waals surface area contributed by atoms with E-state index in [1.54, 1.807) is 0 Å². The average molecular weight is 250 g/mol. The first-order chi connectivity index (χ1) is 9.36. The highest BCUT2D eigenvalue weighted by molar-refractivity contribution is 6.05. The Morgan fingerprint density at radius 3 is 1.53 bits per heavy atom. The zero-order chi connectivity index (χ0) is 13.2. The third-order valence-electron chi connectivity index (χ3n) is 3.87. The molecule has 3 rings (SSSR count). The smallest absolute Gasteiger partial charge is 0.0471 e. The molecule has 0 unspecified atom stereocenters. The zero-order valence-electron chi connectivity index (χ0n) is 11.2. The molecule has 19 heavy (non-hydrogen) atoms. The van der Waals surface area contributed by atoms with Crippen LogP contribution in [0.1, 0.15) is 18.1 Å². The van der Waals surface area contributed by atoms with Gasteiger partial charge in [-0.05, 0) is 45.5 Å². The van der Waals surface area contributed by atoms with E-state index in [1.807, 2.05) is 0 Å². The fourth-order valence-electron chi connectivity index (χ4n) is 3.07. The topological polar surface area (TPSA) is 20.2 Å². The minimum Gasteiger partial charge on any atom is -0.396 e. The fraction of sp³-hybridized carbons (Fsp3) is 0.222. The Balaban J connectivity index is 2.53. The minimum atomic E-state index is 0.194. The summed E-state index contributed by atoms with van der Waals surface area (Å²) in [4.78, 5) is 0. The lowest BCUT2D eigenvalue weighted by Crippen LogP contribution is -1.97. The molecule has 96 valence electrons. The van der Waals surface area contributed by atoms with Gasteiger partial charge in [-0.1, -0.05) is 55.5 Å². The van der Waals surface area contributed by atoms with E-state index in [0.29, 0.717) is 6.42 Å². The lowest BCUT2D eigenvalue weighted by molar-refractivity contribution is 0.300. The first-order valence-corrected chi connectivity index (χ1v) is 6.89. The summed E-state index contributed by atoms with van der Waals surface area (Å²) in [5.41, 5.74) is 2.68. The highest BCUT2D eigenvalue weighted by Crippen LogP contribution is 2.33. The Bertz CT molecular complexity index is 671. The van der Waals surface area contributed by atoms with Crippen LogP contribution in [0.25, 0.3) is 21.5 Å². The van der Waals surface area contributed by atoms with Crippen LogP contribution in [-0.4, -0.2) is 11.7 Å². The van der Waals surface area contributed by atoms with E-state index in [0.717, 1.165) is 6.42 Å². The van der Waals surface area contributed by atoms with Crippen molar-refractivity contribution >= 4 is 21.5 Å². The maximum Gasteiger partial charge on any atom is 0.0471 e. The van der Waals surface area contributed by atoms with Crippen molar-refractivity contribution in [3.05, 3.63) is 59.7 Å². The Morgan fingerprint density at radius 1 is 0.737 bits per heavy atom. The first-order valence-electron chi connectivity index (χ1n) is 6.89. The predicted octanol–water partition coefficient (Wildman–Crippen LogP) is 4.09. The van der Waals surface area contributed by atoms with Crippen LogP contribution in [0.2, 0.25) is 0 Å². The van der Waals surface area contributed by atoms with E-state index in [9.17, 15) is 5.11 Å². The second-order valence-electron chi connectivity index (χ2n) is 4.88. The molecule has 0 bridgehead atoms. The summed E-state index contributed by atoms with van der Waals surface area (Å²) in [7, 11) is 0. The number of rotatable bonds is 3. The second-order valence-corrected chi connectivity index (χ2v) is 4.88. The van der Waals surface area contributed by atoms with Gasteiger partial charge in [0.15, 0.2) is 0 Å². The molecule has 1 N–H and O–H groups in total. The Hall–Kier alpha value is -1.86. The molecule has 0 atom stereocenters. The molecule has 0 fully saturated rings. The van der Waals surface area contributed by atoms with E-state index in [4.69, 9.17) is 0 Å². The zero-order valence-corrected chi connectivity index (χ0v) is 11.2. The summed E-state index contributed by atoms with van der Waals surface area (Å²) in [5.74, 6) is 0. The molecule has 0 aliphatic carbocycles. The molecule has 3 aromatic rings. The molecule has 0 saturated heterocycles. The summed E-state index contributed by atoms with van der Waals surface area (Å²) < 4.78 is 0. The summed E-state index contributed by atoms with van der Waals surface area (Å²) in [6.45, 7) is 2.40. The van der Waals surface area contributed by atoms with Gasteiger partial charge in [-0.15, -0.1) is 0 Å². The number of aryl methyl sites for hydroxylation is 1. The largest absolute Gasteiger partial charge is 0.396 e. The first kappa shape index (κ1) is 12.2. The Kier molecular flexibility index (Phi) is 3.22. The quantitative estimate of drug-likeness (QED) is 0.694. The van der Waals surface area contributed by atoms with Gasteiger partial charge in [-0.25, -0.2) is 0 Å². The minimum absolute atomic E-state index is 0.194. The lowest BCUT2D eigenvalue weighted by atomic mass is 9.89. The highest BCUT2D eigenvalue weighted by Gasteiger charge is 2.11. The molecule has 0 amide bonds. The van der Waals surface area contributed by atoms with Crippen molar-refractivity contribution in [2.45, 2.75) is 19.8 Å². The predicted molar refractivity (Wildman–Crippen MR) is 81.6 cm³/mol. The SMILES string of the molecule is CCc1c2ccccc2c(CCO)c2ccccc12. The van der Waals surface area contributed by atoms with Crippen molar-refractivity contribution in [2.24, 2.45) is 0 Å². The van der Waals surface area contributed by atoms with Gasteiger partial charge in [0.1, 0.15) is 0 Å². The number of fused-ring (bicyclic) bond motifs is 2. The fourth-order valence-corrected chi connectivity index (χ4v) is 3.07. The van der Waals surface area contributed by atoms with Gasteiger partial charge in [0.25, 0.3) is 0 Å². The van der Waals surface area contributed by atoms with Crippen LogP contribution in [0.4, 0.5) is 0 Å². The van der Waals surface area contributed by atoms with Gasteiger partial charge in [0, 0.05) is 6.61 Å². The maximum atomic E-state index is 9.37. The van der Waals surface area contributed by atoms with E-state index >= 15 is 0 Å². The van der Waals surface area contributed by atoms with Gasteiger partial charge in [-0.2, -0.15) is 0 Å². The summed E-state index contributed by atoms with van der Waals surface area (Å²) in [6, 6.07) is 17.1. The van der Waals surface area contributed by atoms with Gasteiger partial charge in [0.05, 0.1) is 0 Å². The monoisotopic (exact) mass is 250 g/mol. The van der Waals surface area contributed by atoms with Crippen LogP contribution in [-0.2, 0) is 12.8 Å². The average Bonchev–Trinajstić information content (AvgIpc) is 2.47. The molecule has 3 aromatic carbocycles. The van der Waals surface area contributed by atoms with E-state index in [1.165, 1.54) is 32.7 Å². The summed E-state index contributed by atoms with van der Waals surface area (Å²) in [5, 5.41) is 14.6. The van der Waals surface area contributed by atoms with Crippen molar-refractivity contribution in [1.82, 2.24) is 0 Å². The van der Waals surface area contributed by atoms with Gasteiger partial charge in [-0.3, -0.25) is 0 Å². The molecular weight excluding hydrogens is 232 g/mol. The van der Waals surface area contributed by atoms with Crippen molar-refractivity contribution < 1.29 is 5.11 Å². The number of hydrogen-bond donors (Lipinski definition) is 1. The third-order valence-corrected chi connectivity index (χ3v) is 3.87. The van der Waals surface area contributed by atoms with Crippen LogP contribution in [0.5, 0.6) is 0 Å². The van der Waals surface area contributed by atoms with Gasteiger partial charge < -0.3 is 5.11 Å². The maximum absolute atomic E-state index is 9.37. The molecule has 0 aliphatic heterocycles. The molecule has 0 aromatic heterocycles. The van der Waals surface area contributed by atoms with Crippen LogP contribution >= 0.6 is 0 Å². The molecule has 0 spiro atoms. The standard InChI is InChI=1S/C18H18O/c1-2-13-14-7-3-5-9-16(14)18(11-12-19)17-10-6-4-8-15(13)17/h3-10,19H,2,11-12H2,1H3. The van der Waals surface area contributed by atoms with E-state index in [2.05, 4.69) is 55.5 Å². The molecule has 0 heterocycles. The third kappa shape index (κ3) is 1.91. The van der Waals surface area contributed by atoms with Gasteiger partial charge >= 0.3 is 0 Å². The van der Waals surface area contributed by atoms with Crippen LogP contribution in [0.3, 0.4) is 0 Å². The Labute approximate surface area is 113 Å².